The first kappa shape index (κ1) is 20.9. The molecule has 8 nitrogen and oxygen atoms in total. The van der Waals surface area contributed by atoms with E-state index in [0.29, 0.717) is 18.5 Å². The molecule has 0 spiro atoms. The lowest BCUT2D eigenvalue weighted by atomic mass is 10.0. The number of alkyl halides is 2. The lowest BCUT2D eigenvalue weighted by Gasteiger charge is -2.33. The van der Waals surface area contributed by atoms with Gasteiger partial charge in [-0.15, -0.1) is 5.10 Å². The predicted molar refractivity (Wildman–Crippen MR) is 102 cm³/mol. The summed E-state index contributed by atoms with van der Waals surface area (Å²) in [5, 5.41) is 16.5. The summed E-state index contributed by atoms with van der Waals surface area (Å²) in [6.07, 6.45) is 0.947. The van der Waals surface area contributed by atoms with Gasteiger partial charge in [0.2, 0.25) is 16.0 Å². The Morgan fingerprint density at radius 3 is 2.67 bits per heavy atom. The Morgan fingerprint density at radius 1 is 1.30 bits per heavy atom. The van der Waals surface area contributed by atoms with Crippen LogP contribution in [0.1, 0.15) is 42.9 Å². The maximum Gasteiger partial charge on any atom is 0.241 e. The number of halogens is 3. The zero-order chi connectivity index (χ0) is 21.6. The van der Waals surface area contributed by atoms with E-state index in [1.807, 2.05) is 6.07 Å². The van der Waals surface area contributed by atoms with E-state index in [1.54, 1.807) is 0 Å². The molecule has 0 radical (unpaired) electrons. The van der Waals surface area contributed by atoms with Crippen molar-refractivity contribution in [2.24, 2.45) is 0 Å². The molecule has 2 aromatic heterocycles. The summed E-state index contributed by atoms with van der Waals surface area (Å²) in [4.78, 5) is 4.03. The average Bonchev–Trinajstić information content (AvgIpc) is 3.23. The summed E-state index contributed by atoms with van der Waals surface area (Å²) in [6, 6.07) is 1.12. The van der Waals surface area contributed by atoms with Gasteiger partial charge in [0.15, 0.2) is 5.82 Å². The Balaban J connectivity index is 1.63. The highest BCUT2D eigenvalue weighted by molar-refractivity contribution is 7.88. The van der Waals surface area contributed by atoms with Crippen LogP contribution in [0.5, 0.6) is 0 Å². The second kappa shape index (κ2) is 7.70. The molecule has 12 heteroatoms. The Bertz CT molecular complexity index is 1120. The van der Waals surface area contributed by atoms with Gasteiger partial charge in [0, 0.05) is 19.0 Å². The van der Waals surface area contributed by atoms with E-state index in [0.717, 1.165) is 10.6 Å². The fourth-order valence-corrected chi connectivity index (χ4v) is 5.11. The number of anilines is 1. The minimum absolute atomic E-state index is 0.00176. The third-order valence-corrected chi connectivity index (χ3v) is 7.09. The Kier molecular flexibility index (Phi) is 5.36. The van der Waals surface area contributed by atoms with Crippen molar-refractivity contribution in [2.45, 2.75) is 50.0 Å². The topological polar surface area (TPSA) is 103 Å². The van der Waals surface area contributed by atoms with E-state index in [2.05, 4.69) is 15.4 Å². The van der Waals surface area contributed by atoms with Crippen LogP contribution in [0.2, 0.25) is 0 Å². The average molecular weight is 442 g/mol. The number of aromatic nitrogens is 3. The van der Waals surface area contributed by atoms with Gasteiger partial charge in [0.25, 0.3) is 0 Å². The molecule has 1 saturated heterocycles. The molecular weight excluding hydrogens is 421 g/mol. The Hall–Kier alpha value is -2.39. The van der Waals surface area contributed by atoms with Crippen molar-refractivity contribution in [1.82, 2.24) is 18.9 Å². The Labute approximate surface area is 171 Å². The molecule has 2 aromatic rings. The number of nitriles is 1. The molecule has 0 bridgehead atoms. The van der Waals surface area contributed by atoms with E-state index in [9.17, 15) is 26.9 Å². The zero-order valence-corrected chi connectivity index (χ0v) is 17.0. The molecule has 1 saturated carbocycles. The molecule has 0 amide bonds. The summed E-state index contributed by atoms with van der Waals surface area (Å²) >= 11 is 0. The largest absolute Gasteiger partial charge is 0.347 e. The minimum Gasteiger partial charge on any atom is -0.347 e. The summed E-state index contributed by atoms with van der Waals surface area (Å²) in [5.74, 6) is -1.08. The first-order valence-corrected chi connectivity index (χ1v) is 11.5. The second-order valence-electron chi connectivity index (χ2n) is 7.85. The molecule has 1 aliphatic carbocycles. The Morgan fingerprint density at radius 2 is 2.07 bits per heavy atom. The van der Waals surface area contributed by atoms with Crippen molar-refractivity contribution < 1.29 is 21.6 Å². The molecular formula is C18H21F3N6O2S. The molecule has 30 heavy (non-hydrogen) atoms. The van der Waals surface area contributed by atoms with Crippen LogP contribution in [0, 0.1) is 17.1 Å². The lowest BCUT2D eigenvalue weighted by molar-refractivity contribution is 0.186. The quantitative estimate of drug-likeness (QED) is 0.778. The van der Waals surface area contributed by atoms with Gasteiger partial charge in [-0.3, -0.25) is 0 Å². The SMILES string of the molecule is CS(=O)(=O)N1CC[C@@H](Nc2ncc3c(F)c(C#N)c([C@H]4CC[C@@H](F)C4)n3n2)[C@H](F)C1. The van der Waals surface area contributed by atoms with E-state index < -0.39 is 34.2 Å². The number of hydrogen-bond donors (Lipinski definition) is 1. The van der Waals surface area contributed by atoms with Crippen molar-refractivity contribution in [2.75, 3.05) is 24.7 Å². The molecule has 1 aliphatic heterocycles. The van der Waals surface area contributed by atoms with Crippen molar-refractivity contribution in [3.05, 3.63) is 23.3 Å². The summed E-state index contributed by atoms with van der Waals surface area (Å²) in [5.41, 5.74) is 0.128. The molecule has 3 heterocycles. The normalized spacial score (nSPS) is 28.0. The van der Waals surface area contributed by atoms with Crippen molar-refractivity contribution >= 4 is 21.5 Å². The predicted octanol–water partition coefficient (Wildman–Crippen LogP) is 2.13. The molecule has 0 aromatic carbocycles. The number of nitrogens with one attached hydrogen (secondary N) is 1. The molecule has 2 aliphatic rings. The lowest BCUT2D eigenvalue weighted by Crippen LogP contribution is -2.49. The van der Waals surface area contributed by atoms with Gasteiger partial charge in [-0.05, 0) is 25.7 Å². The van der Waals surface area contributed by atoms with Crippen molar-refractivity contribution in [3.8, 4) is 6.07 Å². The van der Waals surface area contributed by atoms with Gasteiger partial charge in [0.05, 0.1) is 24.2 Å². The van der Waals surface area contributed by atoms with Crippen LogP contribution in [0.15, 0.2) is 6.20 Å². The van der Waals surface area contributed by atoms with Gasteiger partial charge in [-0.1, -0.05) is 0 Å². The minimum atomic E-state index is -3.48. The van der Waals surface area contributed by atoms with Gasteiger partial charge in [0.1, 0.15) is 29.5 Å². The standard InChI is InChI=1S/C18H21F3N6O2S/c1-30(28,29)26-5-4-14(13(20)9-26)24-18-23-8-15-16(21)12(7-22)17(27(15)25-18)10-2-3-11(19)6-10/h8,10-11,13-14H,2-6,9H2,1H3,(H,24,25)/t10-,11+,13+,14+/m0/s1. The summed E-state index contributed by atoms with van der Waals surface area (Å²) in [6.45, 7) is -0.123. The zero-order valence-electron chi connectivity index (χ0n) is 16.2. The third-order valence-electron chi connectivity index (χ3n) is 5.82. The van der Waals surface area contributed by atoms with Crippen LogP contribution < -0.4 is 5.32 Å². The number of rotatable bonds is 4. The van der Waals surface area contributed by atoms with Gasteiger partial charge < -0.3 is 5.32 Å². The number of hydrogen-bond acceptors (Lipinski definition) is 6. The maximum absolute atomic E-state index is 14.7. The first-order valence-electron chi connectivity index (χ1n) is 9.66. The van der Waals surface area contributed by atoms with E-state index in [-0.39, 0.29) is 48.9 Å². The monoisotopic (exact) mass is 442 g/mol. The highest BCUT2D eigenvalue weighted by Gasteiger charge is 2.35. The molecule has 1 N–H and O–H groups in total. The molecule has 0 unspecified atom stereocenters. The van der Waals surface area contributed by atoms with Gasteiger partial charge in [-0.2, -0.15) is 9.57 Å². The van der Waals surface area contributed by atoms with Gasteiger partial charge >= 0.3 is 0 Å². The molecule has 4 rings (SSSR count). The van der Waals surface area contributed by atoms with Gasteiger partial charge in [-0.25, -0.2) is 31.1 Å². The smallest absolute Gasteiger partial charge is 0.241 e. The van der Waals surface area contributed by atoms with Crippen LogP contribution in [0.4, 0.5) is 19.1 Å². The highest BCUT2D eigenvalue weighted by atomic mass is 32.2. The summed E-state index contributed by atoms with van der Waals surface area (Å²) < 4.78 is 68.5. The fraction of sp³-hybridized carbons (Fsp3) is 0.611. The molecule has 162 valence electrons. The maximum atomic E-state index is 14.7. The summed E-state index contributed by atoms with van der Waals surface area (Å²) in [7, 11) is -3.48. The second-order valence-corrected chi connectivity index (χ2v) is 9.83. The number of nitrogens with zero attached hydrogens (tertiary/aromatic N) is 5. The fourth-order valence-electron chi connectivity index (χ4n) is 4.26. The molecule has 2 fully saturated rings. The van der Waals surface area contributed by atoms with Crippen LogP contribution in [-0.2, 0) is 10.0 Å². The highest BCUT2D eigenvalue weighted by Crippen LogP contribution is 2.39. The van der Waals surface area contributed by atoms with Crippen LogP contribution in [-0.4, -0.2) is 65.1 Å². The van der Waals surface area contributed by atoms with E-state index >= 15 is 0 Å². The molecule has 4 atom stereocenters. The first-order chi connectivity index (χ1) is 14.2. The third kappa shape index (κ3) is 3.72. The van der Waals surface area contributed by atoms with E-state index in [4.69, 9.17) is 0 Å². The van der Waals surface area contributed by atoms with Crippen LogP contribution in [0.25, 0.3) is 5.52 Å². The van der Waals surface area contributed by atoms with Crippen molar-refractivity contribution in [1.29, 1.82) is 5.26 Å². The number of fused-ring (bicyclic) bond motifs is 1. The van der Waals surface area contributed by atoms with Crippen molar-refractivity contribution in [3.63, 3.8) is 0 Å². The number of piperidine rings is 1. The van der Waals surface area contributed by atoms with Crippen LogP contribution in [0.3, 0.4) is 0 Å². The van der Waals surface area contributed by atoms with Crippen LogP contribution >= 0.6 is 0 Å². The number of sulfonamides is 1. The van der Waals surface area contributed by atoms with E-state index in [1.165, 1.54) is 10.7 Å².